The van der Waals surface area contributed by atoms with Crippen molar-refractivity contribution in [3.8, 4) is 5.75 Å². The molecule has 0 saturated carbocycles. The van der Waals surface area contributed by atoms with Crippen LogP contribution in [0.1, 0.15) is 24.7 Å². The van der Waals surface area contributed by atoms with Gasteiger partial charge >= 0.3 is 0 Å². The van der Waals surface area contributed by atoms with Gasteiger partial charge in [-0.2, -0.15) is 4.31 Å². The third-order valence-electron chi connectivity index (χ3n) is 4.49. The Labute approximate surface area is 159 Å². The Kier molecular flexibility index (Phi) is 5.64. The van der Waals surface area contributed by atoms with Gasteiger partial charge in [0.2, 0.25) is 10.0 Å². The number of hydrogen-bond donors (Lipinski definition) is 0. The zero-order chi connectivity index (χ0) is 19.7. The Bertz CT molecular complexity index is 990. The van der Waals surface area contributed by atoms with Crippen LogP contribution in [-0.4, -0.2) is 46.1 Å². The normalized spacial score (nSPS) is 16.2. The van der Waals surface area contributed by atoms with Gasteiger partial charge in [0.15, 0.2) is 9.84 Å². The van der Waals surface area contributed by atoms with Gasteiger partial charge in [-0.1, -0.05) is 6.92 Å². The van der Waals surface area contributed by atoms with Crippen LogP contribution in [0.2, 0.25) is 0 Å². The van der Waals surface area contributed by atoms with Gasteiger partial charge in [0.1, 0.15) is 17.3 Å². The quantitative estimate of drug-likeness (QED) is 0.659. The third kappa shape index (κ3) is 4.20. The zero-order valence-corrected chi connectivity index (χ0v) is 16.9. The molecule has 1 saturated heterocycles. The highest BCUT2D eigenvalue weighted by molar-refractivity contribution is 7.92. The second-order valence-electron chi connectivity index (χ2n) is 6.61. The van der Waals surface area contributed by atoms with Crippen LogP contribution in [0.3, 0.4) is 0 Å². The summed E-state index contributed by atoms with van der Waals surface area (Å²) in [6.45, 7) is 4.26. The molecule has 1 aromatic heterocycles. The molecule has 1 aliphatic rings. The maximum Gasteiger partial charge on any atom is 0.243 e. The van der Waals surface area contributed by atoms with Gasteiger partial charge in [-0.25, -0.2) is 16.8 Å². The largest absolute Gasteiger partial charge is 0.493 e. The molecule has 0 N–H and O–H groups in total. The van der Waals surface area contributed by atoms with Crippen LogP contribution in [0.4, 0.5) is 0 Å². The zero-order valence-electron chi connectivity index (χ0n) is 15.3. The van der Waals surface area contributed by atoms with E-state index in [9.17, 15) is 16.8 Å². The number of hydrogen-bond acceptors (Lipinski definition) is 6. The first-order valence-corrected chi connectivity index (χ1v) is 11.9. The molecule has 1 fully saturated rings. The minimum atomic E-state index is -3.73. The van der Waals surface area contributed by atoms with E-state index in [1.807, 2.05) is 6.92 Å². The first kappa shape index (κ1) is 19.9. The minimum absolute atomic E-state index is 0.0431. The van der Waals surface area contributed by atoms with Gasteiger partial charge in [0.25, 0.3) is 0 Å². The van der Waals surface area contributed by atoms with Crippen LogP contribution in [-0.2, 0) is 25.6 Å². The molecule has 3 rings (SSSR count). The van der Waals surface area contributed by atoms with E-state index >= 15 is 0 Å². The van der Waals surface area contributed by atoms with E-state index in [1.54, 1.807) is 31.2 Å². The van der Waals surface area contributed by atoms with Crippen molar-refractivity contribution < 1.29 is 26.0 Å². The number of aryl methyl sites for hydroxylation is 1. The van der Waals surface area contributed by atoms with Gasteiger partial charge in [-0.05, 0) is 49.2 Å². The lowest BCUT2D eigenvalue weighted by molar-refractivity contribution is 0.308. The summed E-state index contributed by atoms with van der Waals surface area (Å²) in [7, 11) is -7.19. The molecule has 2 heterocycles. The van der Waals surface area contributed by atoms with Gasteiger partial charge < -0.3 is 9.15 Å². The summed E-state index contributed by atoms with van der Waals surface area (Å²) in [5.41, 5.74) is 0.729. The molecule has 1 aliphatic heterocycles. The SMILES string of the molecule is CCCOc1ccc(S(=O)(=O)N2CC(S(=O)(=O)Cc3ccco3)C2)cc1C. The molecule has 0 bridgehead atoms. The van der Waals surface area contributed by atoms with Crippen molar-refractivity contribution >= 4 is 19.9 Å². The summed E-state index contributed by atoms with van der Waals surface area (Å²) in [6.07, 6.45) is 2.28. The molecular formula is C18H23NO6S2. The van der Waals surface area contributed by atoms with Crippen LogP contribution >= 0.6 is 0 Å². The molecule has 0 aliphatic carbocycles. The minimum Gasteiger partial charge on any atom is -0.493 e. The lowest BCUT2D eigenvalue weighted by atomic mass is 10.2. The van der Waals surface area contributed by atoms with Crippen molar-refractivity contribution in [3.05, 3.63) is 47.9 Å². The summed E-state index contributed by atoms with van der Waals surface area (Å²) in [6, 6.07) is 7.92. The first-order chi connectivity index (χ1) is 12.7. The molecule has 0 radical (unpaired) electrons. The summed E-state index contributed by atoms with van der Waals surface area (Å²) in [5, 5.41) is -0.717. The van der Waals surface area contributed by atoms with Crippen molar-refractivity contribution in [1.82, 2.24) is 4.31 Å². The highest BCUT2D eigenvalue weighted by Crippen LogP contribution is 2.29. The molecule has 148 valence electrons. The van der Waals surface area contributed by atoms with Crippen molar-refractivity contribution in [3.63, 3.8) is 0 Å². The van der Waals surface area contributed by atoms with E-state index in [0.717, 1.165) is 12.0 Å². The van der Waals surface area contributed by atoms with Crippen molar-refractivity contribution in [2.24, 2.45) is 0 Å². The number of rotatable bonds is 8. The lowest BCUT2D eigenvalue weighted by Gasteiger charge is -2.37. The summed E-state index contributed by atoms with van der Waals surface area (Å²) < 4.78 is 62.1. The number of benzene rings is 1. The molecule has 1 aromatic carbocycles. The number of ether oxygens (including phenoxy) is 1. The summed E-state index contributed by atoms with van der Waals surface area (Å²) >= 11 is 0. The third-order valence-corrected chi connectivity index (χ3v) is 8.32. The molecule has 0 amide bonds. The Balaban J connectivity index is 1.68. The number of sulfonamides is 1. The van der Waals surface area contributed by atoms with Gasteiger partial charge in [0.05, 0.1) is 23.0 Å². The van der Waals surface area contributed by atoms with Crippen LogP contribution in [0.25, 0.3) is 0 Å². The second kappa shape index (κ2) is 7.65. The fourth-order valence-electron chi connectivity index (χ4n) is 2.84. The average molecular weight is 414 g/mol. The van der Waals surface area contributed by atoms with Gasteiger partial charge in [0, 0.05) is 13.1 Å². The lowest BCUT2D eigenvalue weighted by Crippen LogP contribution is -2.56. The van der Waals surface area contributed by atoms with Crippen LogP contribution in [0, 0.1) is 6.92 Å². The Morgan fingerprint density at radius 3 is 2.52 bits per heavy atom. The molecule has 27 heavy (non-hydrogen) atoms. The number of sulfone groups is 1. The Hall–Kier alpha value is -1.84. The van der Waals surface area contributed by atoms with Crippen molar-refractivity contribution in [1.29, 1.82) is 0 Å². The molecule has 0 spiro atoms. The molecule has 0 unspecified atom stereocenters. The van der Waals surface area contributed by atoms with Crippen LogP contribution in [0.15, 0.2) is 45.9 Å². The standard InChI is InChI=1S/C18H23NO6S2/c1-3-8-25-18-7-6-16(10-14(18)2)27(22,23)19-11-17(12-19)26(20,21)13-15-5-4-9-24-15/h4-7,9-10,17H,3,8,11-13H2,1-2H3. The Morgan fingerprint density at radius 1 is 1.19 bits per heavy atom. The average Bonchev–Trinajstić information content (AvgIpc) is 3.03. The molecule has 0 atom stereocenters. The summed E-state index contributed by atoms with van der Waals surface area (Å²) in [4.78, 5) is 0.144. The smallest absolute Gasteiger partial charge is 0.243 e. The van der Waals surface area contributed by atoms with E-state index in [4.69, 9.17) is 9.15 Å². The maximum absolute atomic E-state index is 12.8. The van der Waals surface area contributed by atoms with E-state index in [2.05, 4.69) is 0 Å². The first-order valence-electron chi connectivity index (χ1n) is 8.71. The van der Waals surface area contributed by atoms with Crippen LogP contribution < -0.4 is 4.74 Å². The monoisotopic (exact) mass is 413 g/mol. The van der Waals surface area contributed by atoms with E-state index in [1.165, 1.54) is 16.6 Å². The molecule has 9 heteroatoms. The van der Waals surface area contributed by atoms with Gasteiger partial charge in [-0.15, -0.1) is 0 Å². The van der Waals surface area contributed by atoms with E-state index < -0.39 is 25.1 Å². The molecule has 7 nitrogen and oxygen atoms in total. The van der Waals surface area contributed by atoms with Crippen LogP contribution in [0.5, 0.6) is 5.75 Å². The predicted molar refractivity (Wildman–Crippen MR) is 101 cm³/mol. The Morgan fingerprint density at radius 2 is 1.93 bits per heavy atom. The fourth-order valence-corrected chi connectivity index (χ4v) is 6.26. The summed E-state index contributed by atoms with van der Waals surface area (Å²) in [5.74, 6) is 0.786. The van der Waals surface area contributed by atoms with Gasteiger partial charge in [-0.3, -0.25) is 0 Å². The highest BCUT2D eigenvalue weighted by atomic mass is 32.2. The highest BCUT2D eigenvalue weighted by Gasteiger charge is 2.43. The topological polar surface area (TPSA) is 93.9 Å². The fraction of sp³-hybridized carbons (Fsp3) is 0.444. The molecular weight excluding hydrogens is 390 g/mol. The van der Waals surface area contributed by atoms with Crippen molar-refractivity contribution in [2.75, 3.05) is 19.7 Å². The molecule has 2 aromatic rings. The second-order valence-corrected chi connectivity index (χ2v) is 10.8. The van der Waals surface area contributed by atoms with E-state index in [0.29, 0.717) is 18.1 Å². The number of nitrogens with zero attached hydrogens (tertiary/aromatic N) is 1. The maximum atomic E-state index is 12.8. The van der Waals surface area contributed by atoms with E-state index in [-0.39, 0.29) is 23.7 Å². The number of furan rings is 1. The van der Waals surface area contributed by atoms with Crippen molar-refractivity contribution in [2.45, 2.75) is 36.2 Å². The predicted octanol–water partition coefficient (Wildman–Crippen LogP) is 2.36.